The molecular weight excluding hydrogens is 300 g/mol. The number of nitrogens with zero attached hydrogens (tertiary/aromatic N) is 4. The molecule has 8 nitrogen and oxygen atoms in total. The standard InChI is InChI=1S/C15H18N4O4/c1-8-3-12(18-23-8)15(20)19-6-10-4-11(22-13(10)7-19)5-14-17-16-9(2)21-14/h3,10-11,13H,4-7H2,1-2H3/t10-,11-,13+/m0/s1. The number of hydrogen-bond acceptors (Lipinski definition) is 7. The number of rotatable bonds is 3. The molecular formula is C15H18N4O4. The van der Waals surface area contributed by atoms with Gasteiger partial charge in [-0.05, 0) is 13.3 Å². The van der Waals surface area contributed by atoms with Crippen LogP contribution in [0, 0.1) is 19.8 Å². The van der Waals surface area contributed by atoms with Gasteiger partial charge in [0.1, 0.15) is 5.76 Å². The Morgan fingerprint density at radius 1 is 1.35 bits per heavy atom. The zero-order valence-corrected chi connectivity index (χ0v) is 13.1. The summed E-state index contributed by atoms with van der Waals surface area (Å²) in [6.07, 6.45) is 1.68. The van der Waals surface area contributed by atoms with Crippen LogP contribution >= 0.6 is 0 Å². The van der Waals surface area contributed by atoms with Crippen LogP contribution < -0.4 is 0 Å². The van der Waals surface area contributed by atoms with Crippen molar-refractivity contribution in [1.82, 2.24) is 20.3 Å². The Bertz CT molecular complexity index is 711. The van der Waals surface area contributed by atoms with Crippen LogP contribution in [0.15, 0.2) is 15.0 Å². The molecule has 8 heteroatoms. The van der Waals surface area contributed by atoms with Gasteiger partial charge in [0, 0.05) is 32.0 Å². The van der Waals surface area contributed by atoms with Gasteiger partial charge in [-0.15, -0.1) is 10.2 Å². The fourth-order valence-corrected chi connectivity index (χ4v) is 3.40. The molecule has 0 N–H and O–H groups in total. The summed E-state index contributed by atoms with van der Waals surface area (Å²) in [4.78, 5) is 14.2. The van der Waals surface area contributed by atoms with Gasteiger partial charge in [0.05, 0.1) is 18.6 Å². The lowest BCUT2D eigenvalue weighted by Crippen LogP contribution is -2.31. The molecule has 0 saturated carbocycles. The maximum atomic E-state index is 12.4. The van der Waals surface area contributed by atoms with E-state index < -0.39 is 0 Å². The monoisotopic (exact) mass is 318 g/mol. The summed E-state index contributed by atoms with van der Waals surface area (Å²) in [5.74, 6) is 2.07. The molecule has 4 heterocycles. The first-order valence-corrected chi connectivity index (χ1v) is 7.75. The molecule has 2 aliphatic rings. The lowest BCUT2D eigenvalue weighted by Gasteiger charge is -2.17. The van der Waals surface area contributed by atoms with Gasteiger partial charge in [-0.1, -0.05) is 5.16 Å². The minimum absolute atomic E-state index is 0.0703. The molecule has 2 saturated heterocycles. The van der Waals surface area contributed by atoms with Crippen LogP contribution in [-0.2, 0) is 11.2 Å². The van der Waals surface area contributed by atoms with E-state index in [-0.39, 0.29) is 18.1 Å². The van der Waals surface area contributed by atoms with E-state index in [2.05, 4.69) is 15.4 Å². The molecule has 0 radical (unpaired) electrons. The topological polar surface area (TPSA) is 94.5 Å². The number of fused-ring (bicyclic) bond motifs is 1. The second-order valence-electron chi connectivity index (χ2n) is 6.24. The van der Waals surface area contributed by atoms with Crippen LogP contribution in [0.4, 0.5) is 0 Å². The molecule has 3 atom stereocenters. The molecule has 0 spiro atoms. The van der Waals surface area contributed by atoms with Gasteiger partial charge in [-0.25, -0.2) is 0 Å². The fourth-order valence-electron chi connectivity index (χ4n) is 3.40. The van der Waals surface area contributed by atoms with Gasteiger partial charge in [0.15, 0.2) is 5.69 Å². The van der Waals surface area contributed by atoms with E-state index in [0.29, 0.717) is 48.7 Å². The zero-order valence-electron chi connectivity index (χ0n) is 13.1. The normalized spacial score (nSPS) is 26.7. The fraction of sp³-hybridized carbons (Fsp3) is 0.600. The average molecular weight is 318 g/mol. The van der Waals surface area contributed by atoms with E-state index in [1.165, 1.54) is 0 Å². The number of likely N-dealkylation sites (tertiary alicyclic amines) is 1. The summed E-state index contributed by atoms with van der Waals surface area (Å²) in [5.41, 5.74) is 0.361. The maximum absolute atomic E-state index is 12.4. The van der Waals surface area contributed by atoms with Crippen molar-refractivity contribution in [3.8, 4) is 0 Å². The number of hydrogen-bond donors (Lipinski definition) is 0. The molecule has 2 aromatic rings. The zero-order chi connectivity index (χ0) is 16.0. The molecule has 2 aromatic heterocycles. The van der Waals surface area contributed by atoms with E-state index in [9.17, 15) is 4.79 Å². The molecule has 122 valence electrons. The minimum atomic E-state index is -0.0936. The van der Waals surface area contributed by atoms with Crippen molar-refractivity contribution in [2.24, 2.45) is 5.92 Å². The number of amides is 1. The highest BCUT2D eigenvalue weighted by Gasteiger charge is 2.44. The molecule has 0 unspecified atom stereocenters. The predicted molar refractivity (Wildman–Crippen MR) is 76.7 cm³/mol. The Morgan fingerprint density at radius 3 is 2.87 bits per heavy atom. The molecule has 0 aromatic carbocycles. The number of aromatic nitrogens is 3. The van der Waals surface area contributed by atoms with Gasteiger partial charge in [0.25, 0.3) is 5.91 Å². The molecule has 1 amide bonds. The van der Waals surface area contributed by atoms with Crippen LogP contribution in [-0.4, -0.2) is 51.5 Å². The molecule has 0 bridgehead atoms. The maximum Gasteiger partial charge on any atom is 0.276 e. The van der Waals surface area contributed by atoms with Gasteiger partial charge in [-0.2, -0.15) is 0 Å². The van der Waals surface area contributed by atoms with E-state index >= 15 is 0 Å². The second-order valence-corrected chi connectivity index (χ2v) is 6.24. The summed E-state index contributed by atoms with van der Waals surface area (Å²) in [7, 11) is 0. The van der Waals surface area contributed by atoms with Crippen LogP contribution in [0.1, 0.15) is 34.5 Å². The highest BCUT2D eigenvalue weighted by atomic mass is 16.5. The Hall–Kier alpha value is -2.22. The van der Waals surface area contributed by atoms with Crippen molar-refractivity contribution in [2.75, 3.05) is 13.1 Å². The van der Waals surface area contributed by atoms with Crippen molar-refractivity contribution < 1.29 is 18.5 Å². The smallest absolute Gasteiger partial charge is 0.276 e. The quantitative estimate of drug-likeness (QED) is 0.837. The van der Waals surface area contributed by atoms with Crippen molar-refractivity contribution in [3.63, 3.8) is 0 Å². The van der Waals surface area contributed by atoms with Crippen molar-refractivity contribution in [3.05, 3.63) is 29.3 Å². The number of carbonyl (C=O) groups excluding carboxylic acids is 1. The Morgan fingerprint density at radius 2 is 2.22 bits per heavy atom. The highest BCUT2D eigenvalue weighted by Crippen LogP contribution is 2.34. The third kappa shape index (κ3) is 2.74. The Balaban J connectivity index is 1.35. The highest BCUT2D eigenvalue weighted by molar-refractivity contribution is 5.92. The first kappa shape index (κ1) is 14.4. The first-order chi connectivity index (χ1) is 11.1. The Labute approximate surface area is 132 Å². The number of carbonyl (C=O) groups is 1. The SMILES string of the molecule is Cc1cc(C(=O)N2C[C@@H]3C[C@@H](Cc4nnc(C)o4)O[C@@H]3C2)no1. The first-order valence-electron chi connectivity index (χ1n) is 7.75. The van der Waals surface area contributed by atoms with Gasteiger partial charge in [-0.3, -0.25) is 4.79 Å². The van der Waals surface area contributed by atoms with Crippen LogP contribution in [0.25, 0.3) is 0 Å². The van der Waals surface area contributed by atoms with E-state index in [0.717, 1.165) is 6.42 Å². The third-order valence-electron chi connectivity index (χ3n) is 4.42. The van der Waals surface area contributed by atoms with Crippen molar-refractivity contribution in [1.29, 1.82) is 0 Å². The van der Waals surface area contributed by atoms with Crippen LogP contribution in [0.2, 0.25) is 0 Å². The van der Waals surface area contributed by atoms with Gasteiger partial charge < -0.3 is 18.6 Å². The molecule has 23 heavy (non-hydrogen) atoms. The van der Waals surface area contributed by atoms with Gasteiger partial charge >= 0.3 is 0 Å². The lowest BCUT2D eigenvalue weighted by atomic mass is 10.0. The number of ether oxygens (including phenoxy) is 1. The largest absolute Gasteiger partial charge is 0.426 e. The number of aryl methyl sites for hydroxylation is 2. The Kier molecular flexibility index (Phi) is 3.41. The summed E-state index contributed by atoms with van der Waals surface area (Å²) in [5, 5.41) is 11.6. The minimum Gasteiger partial charge on any atom is -0.426 e. The molecule has 4 rings (SSSR count). The predicted octanol–water partition coefficient (Wildman–Crippen LogP) is 1.15. The lowest BCUT2D eigenvalue weighted by molar-refractivity contribution is 0.0334. The molecule has 0 aliphatic carbocycles. The molecule has 2 fully saturated rings. The van der Waals surface area contributed by atoms with Gasteiger partial charge in [0.2, 0.25) is 11.8 Å². The average Bonchev–Trinajstić information content (AvgIpc) is 3.23. The summed E-state index contributed by atoms with van der Waals surface area (Å²) < 4.78 is 16.4. The van der Waals surface area contributed by atoms with Crippen molar-refractivity contribution in [2.45, 2.75) is 38.9 Å². The van der Waals surface area contributed by atoms with Crippen LogP contribution in [0.5, 0.6) is 0 Å². The van der Waals surface area contributed by atoms with E-state index in [4.69, 9.17) is 13.7 Å². The third-order valence-corrected chi connectivity index (χ3v) is 4.42. The summed E-state index contributed by atoms with van der Waals surface area (Å²) in [6.45, 7) is 4.83. The summed E-state index contributed by atoms with van der Waals surface area (Å²) in [6, 6.07) is 1.66. The van der Waals surface area contributed by atoms with Crippen molar-refractivity contribution >= 4 is 5.91 Å². The van der Waals surface area contributed by atoms with Crippen LogP contribution in [0.3, 0.4) is 0 Å². The summed E-state index contributed by atoms with van der Waals surface area (Å²) >= 11 is 0. The van der Waals surface area contributed by atoms with E-state index in [1.54, 1.807) is 24.8 Å². The molecule has 2 aliphatic heterocycles. The van der Waals surface area contributed by atoms with E-state index in [1.807, 2.05) is 0 Å². The second kappa shape index (κ2) is 5.45.